The van der Waals surface area contributed by atoms with Crippen molar-refractivity contribution in [1.29, 1.82) is 0 Å². The van der Waals surface area contributed by atoms with Crippen LogP contribution < -0.4 is 14.8 Å². The quantitative estimate of drug-likeness (QED) is 0.243. The van der Waals surface area contributed by atoms with Crippen molar-refractivity contribution in [2.75, 3.05) is 17.8 Å². The number of aromatic amines is 1. The maximum Gasteiger partial charge on any atom is 0.416 e. The van der Waals surface area contributed by atoms with Crippen molar-refractivity contribution in [1.82, 2.24) is 30.5 Å². The molecule has 0 bridgehead atoms. The van der Waals surface area contributed by atoms with Gasteiger partial charge >= 0.3 is 6.18 Å². The van der Waals surface area contributed by atoms with E-state index in [2.05, 4.69) is 35.2 Å². The summed E-state index contributed by atoms with van der Waals surface area (Å²) in [5.74, 6) is 0.622. The predicted molar refractivity (Wildman–Crippen MR) is 127 cm³/mol. The predicted octanol–water partition coefficient (Wildman–Crippen LogP) is 4.94. The minimum absolute atomic E-state index is 0.183. The maximum absolute atomic E-state index is 14.4. The molecule has 1 saturated heterocycles. The molecule has 1 fully saturated rings. The third-order valence-corrected chi connectivity index (χ3v) is 6.42. The van der Waals surface area contributed by atoms with Gasteiger partial charge in [-0.3, -0.25) is 5.10 Å². The Morgan fingerprint density at radius 1 is 1.14 bits per heavy atom. The molecule has 3 N–H and O–H groups in total. The molecule has 188 valence electrons. The number of benzene rings is 1. The van der Waals surface area contributed by atoms with Gasteiger partial charge in [0.2, 0.25) is 5.88 Å². The number of piperidine rings is 1. The third-order valence-electron chi connectivity index (χ3n) is 5.65. The molecule has 3 aromatic heterocycles. The van der Waals surface area contributed by atoms with Crippen molar-refractivity contribution in [3.8, 4) is 17.3 Å². The zero-order valence-corrected chi connectivity index (χ0v) is 19.8. The second kappa shape index (κ2) is 9.90. The Bertz CT molecular complexity index is 1360. The molecule has 2 unspecified atom stereocenters. The Hall–Kier alpha value is -3.45. The summed E-state index contributed by atoms with van der Waals surface area (Å²) in [5.41, 5.74) is 1.67. The Morgan fingerprint density at radius 2 is 1.94 bits per heavy atom. The molecule has 0 spiro atoms. The summed E-state index contributed by atoms with van der Waals surface area (Å²) in [4.78, 5) is 13.0. The van der Waals surface area contributed by atoms with E-state index in [0.29, 0.717) is 41.1 Å². The highest BCUT2D eigenvalue weighted by atomic mass is 32.2. The minimum Gasteiger partial charge on any atom is -0.471 e. The number of aromatic nitrogens is 5. The van der Waals surface area contributed by atoms with Gasteiger partial charge in [-0.15, -0.1) is 0 Å². The third kappa shape index (κ3) is 5.21. The number of nitrogens with zero attached hydrogens (tertiary/aromatic N) is 4. The molecular formula is C23H21F4N7OS. The van der Waals surface area contributed by atoms with Gasteiger partial charge in [0.05, 0.1) is 5.56 Å². The highest BCUT2D eigenvalue weighted by Crippen LogP contribution is 2.32. The second-order valence-electron chi connectivity index (χ2n) is 8.23. The number of hydrogen-bond acceptors (Lipinski definition) is 8. The normalized spacial score (nSPS) is 18.4. The van der Waals surface area contributed by atoms with Gasteiger partial charge in [0.1, 0.15) is 22.7 Å². The number of pyridine rings is 1. The number of anilines is 1. The zero-order valence-electron chi connectivity index (χ0n) is 18.9. The van der Waals surface area contributed by atoms with Crippen LogP contribution in [0.1, 0.15) is 17.7 Å². The highest BCUT2D eigenvalue weighted by molar-refractivity contribution is 8.00. The molecule has 1 aromatic carbocycles. The van der Waals surface area contributed by atoms with Crippen molar-refractivity contribution in [2.24, 2.45) is 0 Å². The first-order chi connectivity index (χ1) is 17.3. The molecule has 0 aliphatic carbocycles. The van der Waals surface area contributed by atoms with E-state index in [4.69, 9.17) is 4.74 Å². The number of halogens is 4. The molecule has 4 heterocycles. The number of H-pyrrole nitrogens is 1. The molecule has 4 aromatic rings. The first-order valence-corrected chi connectivity index (χ1v) is 11.9. The molecule has 5 rings (SSSR count). The number of nitrogens with one attached hydrogen (secondary N) is 3. The van der Waals surface area contributed by atoms with E-state index in [1.165, 1.54) is 0 Å². The monoisotopic (exact) mass is 519 g/mol. The van der Waals surface area contributed by atoms with Gasteiger partial charge in [-0.05, 0) is 56.3 Å². The molecule has 0 amide bonds. The van der Waals surface area contributed by atoms with Crippen LogP contribution in [0.3, 0.4) is 0 Å². The molecule has 1 aliphatic heterocycles. The maximum atomic E-state index is 14.4. The molecule has 0 saturated carbocycles. The fourth-order valence-electron chi connectivity index (χ4n) is 3.76. The van der Waals surface area contributed by atoms with E-state index in [-0.39, 0.29) is 17.5 Å². The van der Waals surface area contributed by atoms with Crippen LogP contribution in [0.4, 0.5) is 23.2 Å². The van der Waals surface area contributed by atoms with E-state index in [9.17, 15) is 17.6 Å². The molecule has 0 radical (unpaired) electrons. The van der Waals surface area contributed by atoms with E-state index in [1.807, 2.05) is 6.92 Å². The van der Waals surface area contributed by atoms with E-state index >= 15 is 0 Å². The van der Waals surface area contributed by atoms with Gasteiger partial charge in [-0.1, -0.05) is 0 Å². The summed E-state index contributed by atoms with van der Waals surface area (Å²) >= 11 is 0.965. The smallest absolute Gasteiger partial charge is 0.416 e. The van der Waals surface area contributed by atoms with Crippen molar-refractivity contribution >= 4 is 28.7 Å². The van der Waals surface area contributed by atoms with Gasteiger partial charge in [-0.2, -0.15) is 23.3 Å². The van der Waals surface area contributed by atoms with Crippen LogP contribution in [0.2, 0.25) is 0 Å². The Kier molecular flexibility index (Phi) is 6.67. The fourth-order valence-corrected chi connectivity index (χ4v) is 4.42. The topological polar surface area (TPSA) is 101 Å². The zero-order chi connectivity index (χ0) is 25.3. The van der Waals surface area contributed by atoms with Crippen LogP contribution in [0.15, 0.2) is 47.6 Å². The van der Waals surface area contributed by atoms with Crippen molar-refractivity contribution in [3.63, 3.8) is 0 Å². The van der Waals surface area contributed by atoms with E-state index < -0.39 is 24.0 Å². The summed E-state index contributed by atoms with van der Waals surface area (Å²) in [5, 5.41) is 10.9. The van der Waals surface area contributed by atoms with Gasteiger partial charge in [-0.25, -0.2) is 14.4 Å². The van der Waals surface area contributed by atoms with Crippen molar-refractivity contribution in [2.45, 2.75) is 36.8 Å². The summed E-state index contributed by atoms with van der Waals surface area (Å²) in [6.45, 7) is 2.69. The number of alkyl halides is 4. The summed E-state index contributed by atoms with van der Waals surface area (Å²) in [6.07, 6.45) is -4.59. The lowest BCUT2D eigenvalue weighted by Crippen LogP contribution is -2.44. The van der Waals surface area contributed by atoms with Crippen molar-refractivity contribution in [3.05, 3.63) is 53.9 Å². The van der Waals surface area contributed by atoms with Gasteiger partial charge in [0.15, 0.2) is 11.5 Å². The van der Waals surface area contributed by atoms with E-state index in [0.717, 1.165) is 36.0 Å². The SMILES string of the molecule is Cc1[nH]nc2nc(-c3ccc(NSc4cc(C(F)(F)F)ccn4)cc3)nc(OC3CCNCC3F)c12. The van der Waals surface area contributed by atoms with Crippen LogP contribution in [-0.2, 0) is 6.18 Å². The molecule has 36 heavy (non-hydrogen) atoms. The van der Waals surface area contributed by atoms with Crippen LogP contribution in [0, 0.1) is 6.92 Å². The van der Waals surface area contributed by atoms with Gasteiger partial charge in [0, 0.05) is 41.6 Å². The fraction of sp³-hybridized carbons (Fsp3) is 0.304. The number of aryl methyl sites for hydroxylation is 1. The first-order valence-electron chi connectivity index (χ1n) is 11.1. The van der Waals surface area contributed by atoms with Crippen LogP contribution in [-0.4, -0.2) is 50.5 Å². The average molecular weight is 520 g/mol. The molecular weight excluding hydrogens is 498 g/mol. The highest BCUT2D eigenvalue weighted by Gasteiger charge is 2.31. The second-order valence-corrected chi connectivity index (χ2v) is 9.05. The van der Waals surface area contributed by atoms with Crippen LogP contribution in [0.25, 0.3) is 22.4 Å². The molecule has 1 aliphatic rings. The Balaban J connectivity index is 1.35. The lowest BCUT2D eigenvalue weighted by atomic mass is 10.1. The minimum atomic E-state index is -4.44. The van der Waals surface area contributed by atoms with E-state index in [1.54, 1.807) is 24.3 Å². The van der Waals surface area contributed by atoms with Crippen LogP contribution in [0.5, 0.6) is 5.88 Å². The summed E-state index contributed by atoms with van der Waals surface area (Å²) in [6, 6.07) is 8.90. The molecule has 2 atom stereocenters. The Labute approximate surface area is 207 Å². The molecule has 8 nitrogen and oxygen atoms in total. The largest absolute Gasteiger partial charge is 0.471 e. The number of rotatable bonds is 6. The first kappa shape index (κ1) is 24.3. The summed E-state index contributed by atoms with van der Waals surface area (Å²) in [7, 11) is 0. The standard InChI is InChI=1S/C23H21F4N7OS/c1-12-19-21(33-32-12)30-20(31-22(19)35-17-7-8-28-11-16(17)24)13-2-4-15(5-3-13)34-36-18-10-14(6-9-29-18)23(25,26)27/h2-6,9-10,16-17,28,34H,7-8,11H2,1H3,(H,30,31,32,33). The van der Waals surface area contributed by atoms with Gasteiger partial charge < -0.3 is 14.8 Å². The number of fused-ring (bicyclic) bond motifs is 1. The number of hydrogen-bond donors (Lipinski definition) is 3. The Morgan fingerprint density at radius 3 is 2.69 bits per heavy atom. The lowest BCUT2D eigenvalue weighted by Gasteiger charge is -2.27. The average Bonchev–Trinajstić information content (AvgIpc) is 3.25. The molecule has 13 heteroatoms. The number of ether oxygens (including phenoxy) is 1. The van der Waals surface area contributed by atoms with Gasteiger partial charge in [0.25, 0.3) is 0 Å². The van der Waals surface area contributed by atoms with Crippen LogP contribution >= 0.6 is 11.9 Å². The van der Waals surface area contributed by atoms with Crippen molar-refractivity contribution < 1.29 is 22.3 Å². The lowest BCUT2D eigenvalue weighted by molar-refractivity contribution is -0.137. The summed E-state index contributed by atoms with van der Waals surface area (Å²) < 4.78 is 62.1.